The third-order valence-corrected chi connectivity index (χ3v) is 6.34. The van der Waals surface area contributed by atoms with E-state index in [4.69, 9.17) is 14.5 Å². The van der Waals surface area contributed by atoms with Crippen molar-refractivity contribution in [1.29, 1.82) is 0 Å². The zero-order chi connectivity index (χ0) is 26.5. The van der Waals surface area contributed by atoms with E-state index in [-0.39, 0.29) is 22.8 Å². The molecule has 6 nitrogen and oxygen atoms in total. The molecular formula is C30H43N3O3. The molecule has 0 saturated carbocycles. The zero-order valence-electron chi connectivity index (χ0n) is 23.3. The van der Waals surface area contributed by atoms with Crippen molar-refractivity contribution in [3.05, 3.63) is 42.6 Å². The van der Waals surface area contributed by atoms with Crippen molar-refractivity contribution in [2.45, 2.75) is 86.1 Å². The maximum absolute atomic E-state index is 12.8. The van der Waals surface area contributed by atoms with Gasteiger partial charge in [-0.25, -0.2) is 4.98 Å². The van der Waals surface area contributed by atoms with E-state index in [1.165, 1.54) is 0 Å². The van der Waals surface area contributed by atoms with Gasteiger partial charge in [0, 0.05) is 17.3 Å². The number of esters is 1. The number of carbonyl (C=O) groups excluding carboxylic acids is 1. The first kappa shape index (κ1) is 27.6. The van der Waals surface area contributed by atoms with Crippen LogP contribution in [0.5, 0.6) is 11.5 Å². The van der Waals surface area contributed by atoms with Crippen LogP contribution in [0, 0.1) is 11.3 Å². The van der Waals surface area contributed by atoms with E-state index < -0.39 is 0 Å². The lowest BCUT2D eigenvalue weighted by molar-refractivity contribution is -0.139. The molecule has 2 heterocycles. The first-order valence-corrected chi connectivity index (χ1v) is 13.1. The Kier molecular flexibility index (Phi) is 8.70. The molecule has 3 rings (SSSR count). The minimum atomic E-state index is -0.198. The fourth-order valence-electron chi connectivity index (χ4n) is 5.04. The summed E-state index contributed by atoms with van der Waals surface area (Å²) in [6, 6.07) is 11.7. The molecule has 0 spiro atoms. The van der Waals surface area contributed by atoms with Crippen LogP contribution in [0.25, 0.3) is 16.9 Å². The molecule has 3 aromatic rings. The number of unbranched alkanes of at least 4 members (excludes halogenated alkanes) is 1. The standard InChI is InChI=1S/C30H43N3O3/c1-9-11-14-21(10-2)28(34)36-23-17-16-22(19-24(23)35-8)26-27(32-30(6,7)20-29(3,4)5)33-18-13-12-15-25(33)31-26/h12-13,15-19,21,32H,9-11,14,20H2,1-8H3. The number of hydrogen-bond acceptors (Lipinski definition) is 5. The van der Waals surface area contributed by atoms with Crippen molar-refractivity contribution >= 4 is 17.4 Å². The molecule has 36 heavy (non-hydrogen) atoms. The van der Waals surface area contributed by atoms with Crippen molar-refractivity contribution < 1.29 is 14.3 Å². The van der Waals surface area contributed by atoms with Crippen LogP contribution < -0.4 is 14.8 Å². The molecule has 0 fully saturated rings. The minimum Gasteiger partial charge on any atom is -0.493 e. The number of ether oxygens (including phenoxy) is 2. The summed E-state index contributed by atoms with van der Waals surface area (Å²) in [6.07, 6.45) is 6.68. The van der Waals surface area contributed by atoms with Crippen LogP contribution in [-0.4, -0.2) is 28.0 Å². The zero-order valence-corrected chi connectivity index (χ0v) is 23.3. The number of methoxy groups -OCH3 is 1. The van der Waals surface area contributed by atoms with Gasteiger partial charge in [0.25, 0.3) is 0 Å². The Bertz CT molecular complexity index is 1170. The van der Waals surface area contributed by atoms with Gasteiger partial charge in [-0.3, -0.25) is 9.20 Å². The van der Waals surface area contributed by atoms with Crippen molar-refractivity contribution in [1.82, 2.24) is 9.38 Å². The number of pyridine rings is 1. The van der Waals surface area contributed by atoms with Gasteiger partial charge >= 0.3 is 5.97 Å². The molecular weight excluding hydrogens is 450 g/mol. The Hall–Kier alpha value is -3.02. The second kappa shape index (κ2) is 11.4. The maximum atomic E-state index is 12.8. The van der Waals surface area contributed by atoms with Gasteiger partial charge < -0.3 is 14.8 Å². The van der Waals surface area contributed by atoms with E-state index in [0.717, 1.165) is 54.8 Å². The fourth-order valence-corrected chi connectivity index (χ4v) is 5.04. The average molecular weight is 494 g/mol. The highest BCUT2D eigenvalue weighted by Gasteiger charge is 2.28. The van der Waals surface area contributed by atoms with Crippen LogP contribution in [0.3, 0.4) is 0 Å². The van der Waals surface area contributed by atoms with E-state index in [1.807, 2.05) is 49.5 Å². The van der Waals surface area contributed by atoms with Gasteiger partial charge in [-0.1, -0.05) is 53.5 Å². The van der Waals surface area contributed by atoms with Gasteiger partial charge in [0.1, 0.15) is 17.2 Å². The Labute approximate surface area is 216 Å². The van der Waals surface area contributed by atoms with Crippen LogP contribution in [-0.2, 0) is 4.79 Å². The molecule has 2 aromatic heterocycles. The number of rotatable bonds is 11. The summed E-state index contributed by atoms with van der Waals surface area (Å²) < 4.78 is 13.5. The molecule has 1 N–H and O–H groups in total. The number of nitrogens with zero attached hydrogens (tertiary/aromatic N) is 2. The number of hydrogen-bond donors (Lipinski definition) is 1. The molecule has 6 heteroatoms. The van der Waals surface area contributed by atoms with E-state index in [1.54, 1.807) is 7.11 Å². The maximum Gasteiger partial charge on any atom is 0.314 e. The summed E-state index contributed by atoms with van der Waals surface area (Å²) in [4.78, 5) is 17.8. The number of nitrogens with one attached hydrogen (secondary N) is 1. The van der Waals surface area contributed by atoms with Crippen molar-refractivity contribution in [3.8, 4) is 22.8 Å². The summed E-state index contributed by atoms with van der Waals surface area (Å²) in [5, 5.41) is 3.77. The minimum absolute atomic E-state index is 0.103. The smallest absolute Gasteiger partial charge is 0.314 e. The van der Waals surface area contributed by atoms with Gasteiger partial charge in [0.05, 0.1) is 13.0 Å². The molecule has 196 valence electrons. The van der Waals surface area contributed by atoms with Crippen molar-refractivity contribution in [2.24, 2.45) is 11.3 Å². The molecule has 0 aliphatic heterocycles. The molecule has 0 amide bonds. The summed E-state index contributed by atoms with van der Waals surface area (Å²) >= 11 is 0. The van der Waals surface area contributed by atoms with Gasteiger partial charge in [0.2, 0.25) is 0 Å². The largest absolute Gasteiger partial charge is 0.493 e. The van der Waals surface area contributed by atoms with Crippen molar-refractivity contribution in [3.63, 3.8) is 0 Å². The molecule has 0 saturated heterocycles. The number of carbonyl (C=O) groups is 1. The summed E-state index contributed by atoms with van der Waals surface area (Å²) in [6.45, 7) is 15.4. The Morgan fingerprint density at radius 1 is 1.08 bits per heavy atom. The molecule has 1 atom stereocenters. The predicted molar refractivity (Wildman–Crippen MR) is 148 cm³/mol. The van der Waals surface area contributed by atoms with E-state index >= 15 is 0 Å². The highest BCUT2D eigenvalue weighted by atomic mass is 16.6. The third kappa shape index (κ3) is 6.80. The first-order chi connectivity index (χ1) is 17.0. The van der Waals surface area contributed by atoms with E-state index in [2.05, 4.69) is 51.3 Å². The fraction of sp³-hybridized carbons (Fsp3) is 0.533. The number of fused-ring (bicyclic) bond motifs is 1. The summed E-state index contributed by atoms with van der Waals surface area (Å²) in [7, 11) is 1.60. The van der Waals surface area contributed by atoms with Crippen molar-refractivity contribution in [2.75, 3.05) is 12.4 Å². The Balaban J connectivity index is 1.98. The SMILES string of the molecule is CCCCC(CC)C(=O)Oc1ccc(-c2nc3ccccn3c2NC(C)(C)CC(C)(C)C)cc1OC. The average Bonchev–Trinajstić information content (AvgIpc) is 3.16. The van der Waals surface area contributed by atoms with Crippen LogP contribution in [0.2, 0.25) is 0 Å². The number of benzene rings is 1. The Morgan fingerprint density at radius 2 is 1.83 bits per heavy atom. The van der Waals surface area contributed by atoms with Gasteiger partial charge in [-0.15, -0.1) is 0 Å². The molecule has 0 aliphatic carbocycles. The lowest BCUT2D eigenvalue weighted by atomic mass is 9.82. The number of aromatic nitrogens is 2. The van der Waals surface area contributed by atoms with E-state index in [0.29, 0.717) is 11.5 Å². The van der Waals surface area contributed by atoms with Crippen LogP contribution in [0.15, 0.2) is 42.6 Å². The predicted octanol–water partition coefficient (Wildman–Crippen LogP) is 7.76. The van der Waals surface area contributed by atoms with Gasteiger partial charge in [-0.05, 0) is 68.9 Å². The molecule has 1 unspecified atom stereocenters. The molecule has 0 radical (unpaired) electrons. The van der Waals surface area contributed by atoms with Gasteiger partial charge in [0.15, 0.2) is 11.5 Å². The van der Waals surface area contributed by atoms with Gasteiger partial charge in [-0.2, -0.15) is 0 Å². The quantitative estimate of drug-likeness (QED) is 0.218. The van der Waals surface area contributed by atoms with Crippen LogP contribution in [0.4, 0.5) is 5.82 Å². The summed E-state index contributed by atoms with van der Waals surface area (Å²) in [5.41, 5.74) is 2.58. The summed E-state index contributed by atoms with van der Waals surface area (Å²) in [5.74, 6) is 1.58. The molecule has 1 aromatic carbocycles. The number of anilines is 1. The monoisotopic (exact) mass is 493 g/mol. The topological polar surface area (TPSA) is 64.9 Å². The van der Waals surface area contributed by atoms with Crippen LogP contribution >= 0.6 is 0 Å². The number of imidazole rings is 1. The normalized spacial score (nSPS) is 13.0. The highest BCUT2D eigenvalue weighted by Crippen LogP contribution is 2.38. The second-order valence-corrected chi connectivity index (χ2v) is 11.5. The van der Waals surface area contributed by atoms with Crippen LogP contribution in [0.1, 0.15) is 80.6 Å². The highest BCUT2D eigenvalue weighted by molar-refractivity contribution is 5.80. The lowest BCUT2D eigenvalue weighted by Gasteiger charge is -2.34. The van der Waals surface area contributed by atoms with E-state index in [9.17, 15) is 4.79 Å². The molecule has 0 bridgehead atoms. The first-order valence-electron chi connectivity index (χ1n) is 13.1. The Morgan fingerprint density at radius 3 is 2.47 bits per heavy atom. The third-order valence-electron chi connectivity index (χ3n) is 6.34. The lowest BCUT2D eigenvalue weighted by Crippen LogP contribution is -2.36. The second-order valence-electron chi connectivity index (χ2n) is 11.5. The molecule has 0 aliphatic rings.